The lowest BCUT2D eigenvalue weighted by molar-refractivity contribution is -0.126. The van der Waals surface area contributed by atoms with Crippen molar-refractivity contribution in [3.05, 3.63) is 22.4 Å². The van der Waals surface area contributed by atoms with Crippen LogP contribution in [0.1, 0.15) is 61.5 Å². The SMILES string of the molecule is CCCCC1CCC(C(=O)NCCN2CCN(C(=O)c3cccs3)CC2)CC1. The summed E-state index contributed by atoms with van der Waals surface area (Å²) in [7, 11) is 0. The third-order valence-corrected chi connectivity index (χ3v) is 7.16. The number of thiophene rings is 1. The molecule has 2 aliphatic rings. The van der Waals surface area contributed by atoms with E-state index in [-0.39, 0.29) is 17.7 Å². The first-order chi connectivity index (χ1) is 13.7. The number of carbonyl (C=O) groups is 2. The number of hydrogen-bond donors (Lipinski definition) is 1. The summed E-state index contributed by atoms with van der Waals surface area (Å²) in [6.45, 7) is 7.15. The van der Waals surface area contributed by atoms with Gasteiger partial charge in [-0.05, 0) is 43.0 Å². The molecule has 1 aromatic rings. The Balaban J connectivity index is 1.29. The highest BCUT2D eigenvalue weighted by Gasteiger charge is 2.26. The van der Waals surface area contributed by atoms with Crippen LogP contribution in [0.5, 0.6) is 0 Å². The van der Waals surface area contributed by atoms with Crippen LogP contribution in [0.4, 0.5) is 0 Å². The number of nitrogens with zero attached hydrogens (tertiary/aromatic N) is 2. The molecule has 0 aromatic carbocycles. The molecule has 1 N–H and O–H groups in total. The minimum Gasteiger partial charge on any atom is -0.355 e. The van der Waals surface area contributed by atoms with Crippen molar-refractivity contribution in [2.75, 3.05) is 39.3 Å². The van der Waals surface area contributed by atoms with Gasteiger partial charge in [0.1, 0.15) is 0 Å². The van der Waals surface area contributed by atoms with Gasteiger partial charge in [0.15, 0.2) is 0 Å². The van der Waals surface area contributed by atoms with Crippen LogP contribution in [0.3, 0.4) is 0 Å². The summed E-state index contributed by atoms with van der Waals surface area (Å²) in [5.41, 5.74) is 0. The maximum atomic E-state index is 12.5. The van der Waals surface area contributed by atoms with Gasteiger partial charge in [0, 0.05) is 45.2 Å². The van der Waals surface area contributed by atoms with Crippen molar-refractivity contribution in [3.8, 4) is 0 Å². The van der Waals surface area contributed by atoms with Crippen LogP contribution in [-0.4, -0.2) is 60.9 Å². The summed E-state index contributed by atoms with van der Waals surface area (Å²) < 4.78 is 0. The standard InChI is InChI=1S/C22H35N3O2S/c1-2-3-5-18-7-9-19(10-8-18)21(26)23-11-12-24-13-15-25(16-14-24)22(27)20-6-4-17-28-20/h4,6,17-19H,2-3,5,7-16H2,1H3,(H,23,26). The smallest absolute Gasteiger partial charge is 0.264 e. The summed E-state index contributed by atoms with van der Waals surface area (Å²) in [4.78, 5) is 30.0. The fraction of sp³-hybridized carbons (Fsp3) is 0.727. The highest BCUT2D eigenvalue weighted by Crippen LogP contribution is 2.31. The molecule has 0 unspecified atom stereocenters. The zero-order valence-corrected chi connectivity index (χ0v) is 18.0. The molecule has 1 saturated carbocycles. The second-order valence-corrected chi connectivity index (χ2v) is 9.21. The molecule has 6 heteroatoms. The minimum atomic E-state index is 0.150. The lowest BCUT2D eigenvalue weighted by Crippen LogP contribution is -2.50. The number of piperazine rings is 1. The van der Waals surface area contributed by atoms with E-state index in [0.717, 1.165) is 56.4 Å². The fourth-order valence-corrected chi connectivity index (χ4v) is 5.11. The lowest BCUT2D eigenvalue weighted by atomic mass is 9.79. The van der Waals surface area contributed by atoms with Gasteiger partial charge >= 0.3 is 0 Å². The molecule has 0 bridgehead atoms. The predicted molar refractivity (Wildman–Crippen MR) is 115 cm³/mol. The molecule has 0 atom stereocenters. The second-order valence-electron chi connectivity index (χ2n) is 8.26. The van der Waals surface area contributed by atoms with Crippen LogP contribution in [0.15, 0.2) is 17.5 Å². The van der Waals surface area contributed by atoms with Crippen molar-refractivity contribution in [2.45, 2.75) is 51.9 Å². The van der Waals surface area contributed by atoms with Crippen molar-refractivity contribution < 1.29 is 9.59 Å². The van der Waals surface area contributed by atoms with Crippen LogP contribution in [-0.2, 0) is 4.79 Å². The average Bonchev–Trinajstić information content (AvgIpc) is 3.27. The van der Waals surface area contributed by atoms with Gasteiger partial charge in [-0.25, -0.2) is 0 Å². The van der Waals surface area contributed by atoms with Gasteiger partial charge in [-0.15, -0.1) is 11.3 Å². The molecular formula is C22H35N3O2S. The molecule has 1 aliphatic carbocycles. The maximum Gasteiger partial charge on any atom is 0.264 e. The van der Waals surface area contributed by atoms with Crippen molar-refractivity contribution in [1.29, 1.82) is 0 Å². The Morgan fingerprint density at radius 2 is 1.89 bits per heavy atom. The largest absolute Gasteiger partial charge is 0.355 e. The van der Waals surface area contributed by atoms with Crippen LogP contribution < -0.4 is 5.32 Å². The summed E-state index contributed by atoms with van der Waals surface area (Å²) >= 11 is 1.51. The Bertz CT molecular complexity index is 603. The molecule has 156 valence electrons. The van der Waals surface area contributed by atoms with Crippen molar-refractivity contribution in [3.63, 3.8) is 0 Å². The van der Waals surface area contributed by atoms with E-state index in [0.29, 0.717) is 6.54 Å². The molecule has 0 spiro atoms. The molecule has 5 nitrogen and oxygen atoms in total. The normalized spacial score (nSPS) is 23.5. The van der Waals surface area contributed by atoms with E-state index in [1.807, 2.05) is 22.4 Å². The Morgan fingerprint density at radius 1 is 1.14 bits per heavy atom. The van der Waals surface area contributed by atoms with E-state index >= 15 is 0 Å². The van der Waals surface area contributed by atoms with Gasteiger partial charge in [0.05, 0.1) is 4.88 Å². The third-order valence-electron chi connectivity index (χ3n) is 6.30. The van der Waals surface area contributed by atoms with Crippen molar-refractivity contribution in [1.82, 2.24) is 15.1 Å². The summed E-state index contributed by atoms with van der Waals surface area (Å²) in [6.07, 6.45) is 8.50. The number of carbonyl (C=O) groups excluding carboxylic acids is 2. The summed E-state index contributed by atoms with van der Waals surface area (Å²) in [5, 5.41) is 5.10. The van der Waals surface area contributed by atoms with Gasteiger partial charge in [0.25, 0.3) is 5.91 Å². The van der Waals surface area contributed by atoms with E-state index in [2.05, 4.69) is 17.1 Å². The highest BCUT2D eigenvalue weighted by atomic mass is 32.1. The third kappa shape index (κ3) is 6.05. The van der Waals surface area contributed by atoms with E-state index in [4.69, 9.17) is 0 Å². The van der Waals surface area contributed by atoms with Crippen LogP contribution >= 0.6 is 11.3 Å². The monoisotopic (exact) mass is 405 g/mol. The van der Waals surface area contributed by atoms with Gasteiger partial charge in [0.2, 0.25) is 5.91 Å². The second kappa shape index (κ2) is 11.0. The van der Waals surface area contributed by atoms with E-state index in [1.54, 1.807) is 0 Å². The first kappa shape index (κ1) is 21.3. The van der Waals surface area contributed by atoms with Crippen molar-refractivity contribution >= 4 is 23.2 Å². The van der Waals surface area contributed by atoms with E-state index < -0.39 is 0 Å². The predicted octanol–water partition coefficient (Wildman–Crippen LogP) is 3.62. The molecular weight excluding hydrogens is 370 g/mol. The fourth-order valence-electron chi connectivity index (χ4n) is 4.42. The molecule has 2 amide bonds. The molecule has 2 fully saturated rings. The highest BCUT2D eigenvalue weighted by molar-refractivity contribution is 7.12. The van der Waals surface area contributed by atoms with E-state index in [9.17, 15) is 9.59 Å². The minimum absolute atomic E-state index is 0.150. The number of rotatable bonds is 8. The Kier molecular flexibility index (Phi) is 8.34. The first-order valence-corrected chi connectivity index (χ1v) is 11.9. The van der Waals surface area contributed by atoms with Gasteiger partial charge in [-0.1, -0.05) is 32.3 Å². The zero-order valence-electron chi connectivity index (χ0n) is 17.2. The zero-order chi connectivity index (χ0) is 19.8. The topological polar surface area (TPSA) is 52.7 Å². The number of unbranched alkanes of at least 4 members (excludes halogenated alkanes) is 1. The van der Waals surface area contributed by atoms with E-state index in [1.165, 1.54) is 43.4 Å². The molecule has 28 heavy (non-hydrogen) atoms. The quantitative estimate of drug-likeness (QED) is 0.719. The van der Waals surface area contributed by atoms with Crippen LogP contribution in [0.2, 0.25) is 0 Å². The average molecular weight is 406 g/mol. The molecule has 1 aromatic heterocycles. The molecule has 1 aliphatic heterocycles. The van der Waals surface area contributed by atoms with Gasteiger partial charge < -0.3 is 10.2 Å². The number of amides is 2. The molecule has 3 rings (SSSR count). The van der Waals surface area contributed by atoms with Gasteiger partial charge in [-0.3, -0.25) is 14.5 Å². The maximum absolute atomic E-state index is 12.5. The van der Waals surface area contributed by atoms with Crippen molar-refractivity contribution in [2.24, 2.45) is 11.8 Å². The number of nitrogens with one attached hydrogen (secondary N) is 1. The Hall–Kier alpha value is -1.40. The number of hydrogen-bond acceptors (Lipinski definition) is 4. The van der Waals surface area contributed by atoms with Crippen LogP contribution in [0.25, 0.3) is 0 Å². The Labute approximate surface area is 173 Å². The molecule has 1 saturated heterocycles. The molecule has 0 radical (unpaired) electrons. The molecule has 2 heterocycles. The summed E-state index contributed by atoms with van der Waals surface area (Å²) in [5.74, 6) is 1.47. The Morgan fingerprint density at radius 3 is 2.54 bits per heavy atom. The lowest BCUT2D eigenvalue weighted by Gasteiger charge is -2.34. The van der Waals surface area contributed by atoms with Gasteiger partial charge in [-0.2, -0.15) is 0 Å². The first-order valence-electron chi connectivity index (χ1n) is 11.0. The summed E-state index contributed by atoms with van der Waals surface area (Å²) in [6, 6.07) is 3.82. The van der Waals surface area contributed by atoms with Crippen LogP contribution in [0, 0.1) is 11.8 Å².